The van der Waals surface area contributed by atoms with Crippen molar-refractivity contribution < 1.29 is 9.53 Å². The van der Waals surface area contributed by atoms with Crippen molar-refractivity contribution in [3.8, 4) is 10.6 Å². The predicted octanol–water partition coefficient (Wildman–Crippen LogP) is 3.78. The summed E-state index contributed by atoms with van der Waals surface area (Å²) in [7, 11) is 0. The molecule has 2 unspecified atom stereocenters. The van der Waals surface area contributed by atoms with Crippen LogP contribution in [0.25, 0.3) is 10.6 Å². The second-order valence-corrected chi connectivity index (χ2v) is 8.07. The Hall–Kier alpha value is -1.47. The van der Waals surface area contributed by atoms with E-state index in [0.29, 0.717) is 13.2 Å². The molecule has 5 nitrogen and oxygen atoms in total. The third-order valence-corrected chi connectivity index (χ3v) is 6.35. The predicted molar refractivity (Wildman–Crippen MR) is 112 cm³/mol. The van der Waals surface area contributed by atoms with Gasteiger partial charge in [0.25, 0.3) is 0 Å². The van der Waals surface area contributed by atoms with Gasteiger partial charge in [-0.25, -0.2) is 4.98 Å². The number of amides is 1. The van der Waals surface area contributed by atoms with Gasteiger partial charge in [-0.15, -0.1) is 23.7 Å². The normalized spacial score (nSPS) is 17.0. The fourth-order valence-corrected chi connectivity index (χ4v) is 4.37. The molecule has 2 heterocycles. The van der Waals surface area contributed by atoms with Crippen LogP contribution in [0.5, 0.6) is 0 Å². The quantitative estimate of drug-likeness (QED) is 0.787. The van der Waals surface area contributed by atoms with Crippen molar-refractivity contribution in [1.29, 1.82) is 0 Å². The van der Waals surface area contributed by atoms with Crippen molar-refractivity contribution in [1.82, 2.24) is 10.3 Å². The van der Waals surface area contributed by atoms with Crippen LogP contribution in [-0.2, 0) is 9.53 Å². The number of rotatable bonds is 5. The first-order valence-corrected chi connectivity index (χ1v) is 9.95. The van der Waals surface area contributed by atoms with Gasteiger partial charge < -0.3 is 15.8 Å². The van der Waals surface area contributed by atoms with Crippen LogP contribution in [0.2, 0.25) is 0 Å². The number of carbonyl (C=O) groups excluding carboxylic acids is 1. The van der Waals surface area contributed by atoms with Crippen LogP contribution >= 0.6 is 23.7 Å². The lowest BCUT2D eigenvalue weighted by Crippen LogP contribution is -2.47. The lowest BCUT2D eigenvalue weighted by molar-refractivity contribution is -0.125. The SMILES string of the molecule is Cc1ccc(-c2nc(C)c(C(C)NC(=O)C(N)C3CCOCC3)s2)cc1.Cl. The summed E-state index contributed by atoms with van der Waals surface area (Å²) in [5, 5.41) is 4.05. The summed E-state index contributed by atoms with van der Waals surface area (Å²) in [6.07, 6.45) is 1.69. The van der Waals surface area contributed by atoms with E-state index in [4.69, 9.17) is 15.5 Å². The molecule has 0 spiro atoms. The van der Waals surface area contributed by atoms with Crippen molar-refractivity contribution in [3.05, 3.63) is 40.4 Å². The zero-order chi connectivity index (χ0) is 18.7. The fraction of sp³-hybridized carbons (Fsp3) is 0.500. The Morgan fingerprint density at radius 3 is 2.52 bits per heavy atom. The van der Waals surface area contributed by atoms with Gasteiger partial charge in [-0.1, -0.05) is 29.8 Å². The second-order valence-electron chi connectivity index (χ2n) is 7.04. The Bertz CT molecular complexity index is 757. The maximum atomic E-state index is 12.6. The van der Waals surface area contributed by atoms with E-state index >= 15 is 0 Å². The fourth-order valence-electron chi connectivity index (χ4n) is 3.29. The summed E-state index contributed by atoms with van der Waals surface area (Å²) in [5.74, 6) is 0.107. The van der Waals surface area contributed by atoms with Gasteiger partial charge in [-0.05, 0) is 39.5 Å². The molecule has 2 atom stereocenters. The molecule has 2 aromatic rings. The average molecular weight is 410 g/mol. The number of benzene rings is 1. The van der Waals surface area contributed by atoms with Gasteiger partial charge in [0.1, 0.15) is 5.01 Å². The highest BCUT2D eigenvalue weighted by Gasteiger charge is 2.28. The number of nitrogens with one attached hydrogen (secondary N) is 1. The number of thiazole rings is 1. The highest BCUT2D eigenvalue weighted by atomic mass is 35.5. The molecular formula is C20H28ClN3O2S. The molecule has 1 amide bonds. The number of ether oxygens (including phenoxy) is 1. The molecule has 0 aliphatic carbocycles. The number of aromatic nitrogens is 1. The molecule has 1 aromatic heterocycles. The number of halogens is 1. The second kappa shape index (κ2) is 9.64. The molecule has 27 heavy (non-hydrogen) atoms. The number of nitrogens with two attached hydrogens (primary N) is 1. The summed E-state index contributed by atoms with van der Waals surface area (Å²) in [5.41, 5.74) is 9.47. The lowest BCUT2D eigenvalue weighted by atomic mass is 9.91. The molecular weight excluding hydrogens is 382 g/mol. The largest absolute Gasteiger partial charge is 0.381 e. The molecule has 0 saturated carbocycles. The Morgan fingerprint density at radius 2 is 1.89 bits per heavy atom. The molecule has 1 aromatic carbocycles. The van der Waals surface area contributed by atoms with Crippen molar-refractivity contribution in [2.75, 3.05) is 13.2 Å². The molecule has 1 saturated heterocycles. The molecule has 0 bridgehead atoms. The molecule has 1 aliphatic rings. The molecule has 1 fully saturated rings. The van der Waals surface area contributed by atoms with E-state index in [0.717, 1.165) is 34.0 Å². The van der Waals surface area contributed by atoms with Crippen LogP contribution in [0.4, 0.5) is 0 Å². The van der Waals surface area contributed by atoms with Crippen LogP contribution in [0.15, 0.2) is 24.3 Å². The molecule has 7 heteroatoms. The van der Waals surface area contributed by atoms with Crippen molar-refractivity contribution in [3.63, 3.8) is 0 Å². The van der Waals surface area contributed by atoms with E-state index in [-0.39, 0.29) is 30.3 Å². The zero-order valence-corrected chi connectivity index (χ0v) is 17.7. The highest BCUT2D eigenvalue weighted by Crippen LogP contribution is 2.32. The monoisotopic (exact) mass is 409 g/mol. The van der Waals surface area contributed by atoms with Crippen LogP contribution in [0, 0.1) is 19.8 Å². The zero-order valence-electron chi connectivity index (χ0n) is 16.0. The minimum absolute atomic E-state index is 0. The Kier molecular flexibility index (Phi) is 7.79. The van der Waals surface area contributed by atoms with Gasteiger partial charge in [0, 0.05) is 18.8 Å². The van der Waals surface area contributed by atoms with E-state index in [1.807, 2.05) is 13.8 Å². The Balaban J connectivity index is 0.00000261. The third-order valence-electron chi connectivity index (χ3n) is 4.96. The van der Waals surface area contributed by atoms with Crippen LogP contribution < -0.4 is 11.1 Å². The maximum absolute atomic E-state index is 12.6. The minimum Gasteiger partial charge on any atom is -0.381 e. The minimum atomic E-state index is -0.480. The van der Waals surface area contributed by atoms with E-state index in [1.54, 1.807) is 11.3 Å². The Labute approximate surface area is 171 Å². The summed E-state index contributed by atoms with van der Waals surface area (Å²) in [6, 6.07) is 7.76. The van der Waals surface area contributed by atoms with Crippen molar-refractivity contribution in [2.24, 2.45) is 11.7 Å². The van der Waals surface area contributed by atoms with Gasteiger partial charge in [-0.3, -0.25) is 4.79 Å². The number of aryl methyl sites for hydroxylation is 2. The summed E-state index contributed by atoms with van der Waals surface area (Å²) < 4.78 is 5.35. The first-order valence-electron chi connectivity index (χ1n) is 9.13. The highest BCUT2D eigenvalue weighted by molar-refractivity contribution is 7.15. The molecule has 3 N–H and O–H groups in total. The van der Waals surface area contributed by atoms with E-state index in [2.05, 4.69) is 36.5 Å². The number of hydrogen-bond acceptors (Lipinski definition) is 5. The summed E-state index contributed by atoms with van der Waals surface area (Å²) in [4.78, 5) is 18.3. The van der Waals surface area contributed by atoms with E-state index in [9.17, 15) is 4.79 Å². The smallest absolute Gasteiger partial charge is 0.237 e. The first kappa shape index (κ1) is 21.8. The van der Waals surface area contributed by atoms with Gasteiger partial charge >= 0.3 is 0 Å². The summed E-state index contributed by atoms with van der Waals surface area (Å²) >= 11 is 1.63. The number of hydrogen-bond donors (Lipinski definition) is 2. The van der Waals surface area contributed by atoms with Crippen LogP contribution in [-0.4, -0.2) is 30.1 Å². The lowest BCUT2D eigenvalue weighted by Gasteiger charge is -2.27. The number of carbonyl (C=O) groups is 1. The standard InChI is InChI=1S/C20H27N3O2S.ClH/c1-12-4-6-16(7-5-12)20-23-14(3)18(26-20)13(2)22-19(24)17(21)15-8-10-25-11-9-15;/h4-7,13,15,17H,8-11,21H2,1-3H3,(H,22,24);1H. The summed E-state index contributed by atoms with van der Waals surface area (Å²) in [6.45, 7) is 7.43. The van der Waals surface area contributed by atoms with E-state index in [1.165, 1.54) is 5.56 Å². The maximum Gasteiger partial charge on any atom is 0.237 e. The average Bonchev–Trinajstić information content (AvgIpc) is 3.04. The topological polar surface area (TPSA) is 77.2 Å². The third kappa shape index (κ3) is 5.29. The van der Waals surface area contributed by atoms with Crippen LogP contribution in [0.1, 0.15) is 41.9 Å². The van der Waals surface area contributed by atoms with Gasteiger partial charge in [0.15, 0.2) is 0 Å². The van der Waals surface area contributed by atoms with E-state index < -0.39 is 6.04 Å². The van der Waals surface area contributed by atoms with Gasteiger partial charge in [0.05, 0.1) is 22.7 Å². The van der Waals surface area contributed by atoms with Gasteiger partial charge in [-0.2, -0.15) is 0 Å². The first-order chi connectivity index (χ1) is 12.5. The van der Waals surface area contributed by atoms with Crippen LogP contribution in [0.3, 0.4) is 0 Å². The van der Waals surface area contributed by atoms with Crippen molar-refractivity contribution >= 4 is 29.7 Å². The number of nitrogens with zero attached hydrogens (tertiary/aromatic N) is 1. The Morgan fingerprint density at radius 1 is 1.26 bits per heavy atom. The van der Waals surface area contributed by atoms with Gasteiger partial charge in [0.2, 0.25) is 5.91 Å². The molecule has 148 valence electrons. The van der Waals surface area contributed by atoms with Crippen molar-refractivity contribution in [2.45, 2.75) is 45.7 Å². The molecule has 0 radical (unpaired) electrons. The molecule has 3 rings (SSSR count). The molecule has 1 aliphatic heterocycles.